The van der Waals surface area contributed by atoms with Gasteiger partial charge >= 0.3 is 0 Å². The summed E-state index contributed by atoms with van der Waals surface area (Å²) in [6.45, 7) is 37.0. The van der Waals surface area contributed by atoms with E-state index >= 15 is 0 Å². The van der Waals surface area contributed by atoms with Crippen LogP contribution in [0.4, 0.5) is 39.8 Å². The Labute approximate surface area is 430 Å². The molecule has 0 radical (unpaired) electrons. The molecule has 2 fully saturated rings. The van der Waals surface area contributed by atoms with Crippen LogP contribution in [0.3, 0.4) is 0 Å². The molecule has 5 heteroatoms. The van der Waals surface area contributed by atoms with Crippen molar-refractivity contribution in [1.29, 1.82) is 0 Å². The Kier molecular flexibility index (Phi) is 9.29. The van der Waals surface area contributed by atoms with Crippen LogP contribution in [-0.4, -0.2) is 17.8 Å². The Morgan fingerprint density at radius 1 is 0.493 bits per heavy atom. The number of hydrogen-bond acceptors (Lipinski definition) is 4. The van der Waals surface area contributed by atoms with Crippen LogP contribution >= 0.6 is 11.3 Å². The van der Waals surface area contributed by atoms with Gasteiger partial charge in [-0.2, -0.15) is 0 Å². The molecule has 4 atom stereocenters. The summed E-state index contributed by atoms with van der Waals surface area (Å²) >= 11 is 2.00. The molecule has 2 saturated carbocycles. The van der Waals surface area contributed by atoms with Gasteiger partial charge in [0.1, 0.15) is 0 Å². The predicted octanol–water partition coefficient (Wildman–Crippen LogP) is 16.7. The number of rotatable bonds is 2. The quantitative estimate of drug-likeness (QED) is 0.160. The second-order valence-corrected chi connectivity index (χ2v) is 28.4. The predicted molar refractivity (Wildman–Crippen MR) is 310 cm³/mol. The average Bonchev–Trinajstić information content (AvgIpc) is 3.86. The lowest BCUT2D eigenvalue weighted by Gasteiger charge is -2.54. The summed E-state index contributed by atoms with van der Waals surface area (Å²) in [5.74, 6) is 0. The molecule has 4 unspecified atom stereocenters. The van der Waals surface area contributed by atoms with Crippen LogP contribution in [0.15, 0.2) is 91.0 Å². The zero-order valence-corrected chi connectivity index (χ0v) is 46.5. The topological polar surface area (TPSA) is 9.72 Å². The largest absolute Gasteiger partial charge is 0.335 e. The molecule has 4 aliphatic heterocycles. The van der Waals surface area contributed by atoms with E-state index < -0.39 is 0 Å². The lowest BCUT2D eigenvalue weighted by molar-refractivity contribution is 0.194. The van der Waals surface area contributed by atoms with Crippen molar-refractivity contribution in [3.05, 3.63) is 130 Å². The number of nitrogens with zero attached hydrogens (tertiary/aromatic N) is 3. The zero-order chi connectivity index (χ0) is 49.9. The summed E-state index contributed by atoms with van der Waals surface area (Å²) in [5, 5.41) is 2.72. The first-order valence-electron chi connectivity index (χ1n) is 27.4. The van der Waals surface area contributed by atoms with Gasteiger partial charge in [0.15, 0.2) is 0 Å². The molecule has 3 nitrogen and oxygen atoms in total. The number of anilines is 7. The Balaban J connectivity index is 1.21. The Morgan fingerprint density at radius 3 is 1.73 bits per heavy atom. The molecule has 1 aromatic heterocycles. The lowest BCUT2D eigenvalue weighted by atomic mass is 9.33. The van der Waals surface area contributed by atoms with Crippen LogP contribution in [0.25, 0.3) is 20.2 Å². The summed E-state index contributed by atoms with van der Waals surface area (Å²) in [5.41, 5.74) is 24.2. The molecule has 6 aromatic carbocycles. The maximum Gasteiger partial charge on any atom is 0.252 e. The Hall–Kier alpha value is -5.00. The molecule has 13 rings (SSSR count). The number of fused-ring (bicyclic) bond motifs is 14. The lowest BCUT2D eigenvalue weighted by Crippen LogP contribution is -2.64. The Bertz CT molecular complexity index is 3440. The van der Waals surface area contributed by atoms with Crippen molar-refractivity contribution in [1.82, 2.24) is 0 Å². The summed E-state index contributed by atoms with van der Waals surface area (Å²) in [6.07, 6.45) is 9.82. The second-order valence-electron chi connectivity index (χ2n) is 27.3. The van der Waals surface area contributed by atoms with E-state index in [1.54, 1.807) is 11.1 Å². The maximum atomic E-state index is 2.98. The summed E-state index contributed by atoms with van der Waals surface area (Å²) in [6, 6.07) is 37.7. The highest BCUT2D eigenvalue weighted by Crippen LogP contribution is 2.65. The van der Waals surface area contributed by atoms with Crippen LogP contribution in [0.5, 0.6) is 0 Å². The van der Waals surface area contributed by atoms with Gasteiger partial charge < -0.3 is 14.7 Å². The molecule has 364 valence electrons. The molecule has 6 aliphatic rings. The zero-order valence-electron chi connectivity index (χ0n) is 45.6. The molecule has 0 N–H and O–H groups in total. The van der Waals surface area contributed by atoms with Crippen molar-refractivity contribution in [2.75, 3.05) is 14.7 Å². The van der Waals surface area contributed by atoms with Gasteiger partial charge in [-0.1, -0.05) is 169 Å². The minimum absolute atomic E-state index is 0.00158. The fourth-order valence-electron chi connectivity index (χ4n) is 15.7. The van der Waals surface area contributed by atoms with Crippen molar-refractivity contribution in [2.45, 2.75) is 193 Å². The maximum absolute atomic E-state index is 2.98. The van der Waals surface area contributed by atoms with Crippen LogP contribution in [0.1, 0.15) is 180 Å². The van der Waals surface area contributed by atoms with E-state index in [1.807, 2.05) is 11.3 Å². The molecule has 0 bridgehead atoms. The molecule has 0 amide bonds. The third kappa shape index (κ3) is 5.85. The third-order valence-electron chi connectivity index (χ3n) is 20.2. The monoisotopic (exact) mass is 954 g/mol. The van der Waals surface area contributed by atoms with E-state index in [0.29, 0.717) is 0 Å². The first kappa shape index (κ1) is 45.8. The van der Waals surface area contributed by atoms with E-state index in [9.17, 15) is 0 Å². The van der Waals surface area contributed by atoms with Gasteiger partial charge in [0.25, 0.3) is 6.71 Å². The minimum Gasteiger partial charge on any atom is -0.335 e. The van der Waals surface area contributed by atoms with Crippen molar-refractivity contribution in [3.8, 4) is 0 Å². The van der Waals surface area contributed by atoms with Crippen LogP contribution in [-0.2, 0) is 27.1 Å². The highest BCUT2D eigenvalue weighted by molar-refractivity contribution is 7.26. The summed E-state index contributed by atoms with van der Waals surface area (Å²) < 4.78 is 2.75. The van der Waals surface area contributed by atoms with Gasteiger partial charge in [-0.3, -0.25) is 0 Å². The van der Waals surface area contributed by atoms with Gasteiger partial charge in [-0.15, -0.1) is 11.3 Å². The Morgan fingerprint density at radius 2 is 1.07 bits per heavy atom. The fraction of sp³-hybridized carbons (Fsp3) is 0.455. The number of thiophene rings is 1. The van der Waals surface area contributed by atoms with E-state index in [-0.39, 0.29) is 44.9 Å². The standard InChI is InChI=1S/C66H76BN3S/c1-39-32-42(61(6,7)8)33-40(2)56(39)68-52-37-44(69-51-27-24-41(60(3,4)5)34-47(51)63(12)28-18-20-30-65(63,69)14)38-53-55(52)67(49-26-25-46-45-22-16-17-23-54(45)71-59(46)58(49)68)50-36-43(62(9,10)11)35-48-57(50)70(53)66(15)31-21-19-29-64(48,66)13/h16-17,22-27,32-38H,18-21,28-31H2,1-15H3. The molecular weight excluding hydrogens is 878 g/mol. The molecular formula is C66H76BN3S. The fourth-order valence-corrected chi connectivity index (χ4v) is 17.0. The molecule has 0 spiro atoms. The second kappa shape index (κ2) is 14.4. The molecule has 2 aliphatic carbocycles. The van der Waals surface area contributed by atoms with Crippen LogP contribution in [0, 0.1) is 13.8 Å². The molecule has 5 heterocycles. The number of hydrogen-bond donors (Lipinski definition) is 0. The average molecular weight is 954 g/mol. The van der Waals surface area contributed by atoms with E-state index in [0.717, 1.165) is 0 Å². The first-order chi connectivity index (χ1) is 33.4. The van der Waals surface area contributed by atoms with E-state index in [2.05, 4.69) is 210 Å². The number of aryl methyl sites for hydroxylation is 2. The normalized spacial score (nSPS) is 25.3. The van der Waals surface area contributed by atoms with Crippen molar-refractivity contribution in [2.24, 2.45) is 0 Å². The molecule has 7 aromatic rings. The van der Waals surface area contributed by atoms with Gasteiger partial charge in [0, 0.05) is 54.7 Å². The van der Waals surface area contributed by atoms with Gasteiger partial charge in [-0.25, -0.2) is 0 Å². The molecule has 0 saturated heterocycles. The van der Waals surface area contributed by atoms with Gasteiger partial charge in [0.2, 0.25) is 0 Å². The van der Waals surface area contributed by atoms with E-state index in [1.165, 1.54) is 156 Å². The SMILES string of the molecule is Cc1cc(C(C)(C)C)cc(C)c1N1c2cc(N3c4ccc(C(C)(C)C)cc4C4(C)CCCCC34C)cc3c2B(c2cc(C(C)(C)C)cc4c2N3C2(C)CCCCC42C)c2ccc3c(sc4ccccc43)c21. The van der Waals surface area contributed by atoms with Crippen molar-refractivity contribution in [3.63, 3.8) is 0 Å². The summed E-state index contributed by atoms with van der Waals surface area (Å²) in [7, 11) is 0. The third-order valence-corrected chi connectivity index (χ3v) is 21.4. The first-order valence-corrected chi connectivity index (χ1v) is 28.2. The van der Waals surface area contributed by atoms with Crippen molar-refractivity contribution < 1.29 is 0 Å². The van der Waals surface area contributed by atoms with Gasteiger partial charge in [0.05, 0.1) is 27.2 Å². The van der Waals surface area contributed by atoms with Crippen LogP contribution in [0.2, 0.25) is 0 Å². The highest BCUT2D eigenvalue weighted by Gasteiger charge is 2.63. The van der Waals surface area contributed by atoms with Crippen LogP contribution < -0.4 is 31.1 Å². The smallest absolute Gasteiger partial charge is 0.252 e. The summed E-state index contributed by atoms with van der Waals surface area (Å²) in [4.78, 5) is 8.70. The highest BCUT2D eigenvalue weighted by atomic mass is 32.1. The van der Waals surface area contributed by atoms with E-state index in [4.69, 9.17) is 0 Å². The van der Waals surface area contributed by atoms with Crippen molar-refractivity contribution >= 4 is 94.4 Å². The van der Waals surface area contributed by atoms with Gasteiger partial charge in [-0.05, 0) is 149 Å². The minimum atomic E-state index is -0.103. The number of benzene rings is 6. The molecule has 71 heavy (non-hydrogen) atoms.